The highest BCUT2D eigenvalue weighted by Crippen LogP contribution is 2.18. The summed E-state index contributed by atoms with van der Waals surface area (Å²) in [7, 11) is 0. The quantitative estimate of drug-likeness (QED) is 0.0261. The minimum atomic E-state index is -0.777. The first-order valence-electron chi connectivity index (χ1n) is 35.6. The van der Waals surface area contributed by atoms with Crippen LogP contribution in [-0.4, -0.2) is 37.2 Å². The fourth-order valence-electron chi connectivity index (χ4n) is 10.7. The molecule has 0 aromatic rings. The number of unbranched alkanes of at least 4 members (excludes halogenated alkanes) is 47. The number of carbonyl (C=O) groups excluding carboxylic acids is 3. The Balaban J connectivity index is 4.28. The number of rotatable bonds is 66. The van der Waals surface area contributed by atoms with Gasteiger partial charge >= 0.3 is 17.9 Å². The van der Waals surface area contributed by atoms with Crippen LogP contribution in [0, 0.1) is 0 Å². The fraction of sp³-hybridized carbons (Fsp3) is 0.851. The van der Waals surface area contributed by atoms with Crippen molar-refractivity contribution in [2.45, 2.75) is 393 Å². The van der Waals surface area contributed by atoms with Crippen molar-refractivity contribution in [3.05, 3.63) is 48.6 Å². The molecule has 468 valence electrons. The van der Waals surface area contributed by atoms with Crippen LogP contribution in [0.1, 0.15) is 387 Å². The summed E-state index contributed by atoms with van der Waals surface area (Å²) < 4.78 is 17.0. The van der Waals surface area contributed by atoms with Gasteiger partial charge in [-0.05, 0) is 83.5 Å². The molecule has 6 nitrogen and oxygen atoms in total. The van der Waals surface area contributed by atoms with Crippen LogP contribution in [0.25, 0.3) is 0 Å². The third-order valence-electron chi connectivity index (χ3n) is 16.1. The molecule has 0 aromatic carbocycles. The van der Waals surface area contributed by atoms with E-state index in [-0.39, 0.29) is 31.1 Å². The molecule has 0 aliphatic rings. The second-order valence-electron chi connectivity index (χ2n) is 24.1. The molecule has 0 radical (unpaired) electrons. The average Bonchev–Trinajstić information content (AvgIpc) is 3.46. The van der Waals surface area contributed by atoms with Crippen LogP contribution in [0.2, 0.25) is 0 Å². The Kier molecular flexibility index (Phi) is 66.6. The lowest BCUT2D eigenvalue weighted by Gasteiger charge is -2.18. The molecule has 0 rings (SSSR count). The van der Waals surface area contributed by atoms with Crippen LogP contribution in [0.15, 0.2) is 48.6 Å². The van der Waals surface area contributed by atoms with E-state index in [4.69, 9.17) is 14.2 Å². The minimum absolute atomic E-state index is 0.0738. The van der Waals surface area contributed by atoms with Crippen molar-refractivity contribution in [3.8, 4) is 0 Å². The molecule has 0 saturated heterocycles. The van der Waals surface area contributed by atoms with Crippen LogP contribution in [0.3, 0.4) is 0 Å². The number of esters is 3. The molecule has 0 fully saturated rings. The monoisotopic (exact) mass is 1120 g/mol. The van der Waals surface area contributed by atoms with Gasteiger partial charge in [0.15, 0.2) is 6.10 Å². The molecule has 0 amide bonds. The first-order chi connectivity index (χ1) is 39.5. The summed E-state index contributed by atoms with van der Waals surface area (Å²) >= 11 is 0. The lowest BCUT2D eigenvalue weighted by Crippen LogP contribution is -2.30. The number of carbonyl (C=O) groups is 3. The van der Waals surface area contributed by atoms with Crippen LogP contribution >= 0.6 is 0 Å². The Bertz CT molecular complexity index is 1380. The lowest BCUT2D eigenvalue weighted by molar-refractivity contribution is -0.167. The third-order valence-corrected chi connectivity index (χ3v) is 16.1. The maximum atomic E-state index is 13.0. The zero-order chi connectivity index (χ0) is 57.8. The van der Waals surface area contributed by atoms with Crippen LogP contribution < -0.4 is 0 Å². The number of hydrogen-bond donors (Lipinski definition) is 0. The maximum Gasteiger partial charge on any atom is 0.306 e. The van der Waals surface area contributed by atoms with E-state index in [0.29, 0.717) is 19.3 Å². The van der Waals surface area contributed by atoms with Crippen LogP contribution in [-0.2, 0) is 28.6 Å². The molecule has 1 atom stereocenters. The zero-order valence-electron chi connectivity index (χ0n) is 53.9. The van der Waals surface area contributed by atoms with E-state index in [0.717, 1.165) is 77.0 Å². The molecule has 1 unspecified atom stereocenters. The summed E-state index contributed by atoms with van der Waals surface area (Å²) in [6, 6.07) is 0. The Labute approximate surface area is 498 Å². The Morgan fingerprint density at radius 1 is 0.250 bits per heavy atom. The standard InChI is InChI=1S/C74H136O6/c1-4-7-10-13-16-19-22-25-28-30-32-34-36-37-39-40-42-44-46-49-52-55-58-61-64-67-73(76)79-70-71(69-78-72(75)66-63-60-57-54-51-48-27-24-21-18-15-12-9-6-3)80-74(77)68-65-62-59-56-53-50-47-45-43-41-38-35-33-31-29-26-23-20-17-14-11-8-5-2/h22,24-25,27,30,32,36-37,71H,4-21,23,26,28-29,31,33-35,38-70H2,1-3H3/b25-22-,27-24-,32-30-,37-36-. The Morgan fingerprint density at radius 3 is 0.713 bits per heavy atom. The predicted octanol–water partition coefficient (Wildman–Crippen LogP) is 24.5. The van der Waals surface area contributed by atoms with Gasteiger partial charge in [-0.15, -0.1) is 0 Å². The molecular formula is C74H136O6. The first-order valence-corrected chi connectivity index (χ1v) is 35.6. The first kappa shape index (κ1) is 77.4. The van der Waals surface area contributed by atoms with E-state index in [1.807, 2.05) is 0 Å². The highest BCUT2D eigenvalue weighted by Gasteiger charge is 2.19. The van der Waals surface area contributed by atoms with Gasteiger partial charge < -0.3 is 14.2 Å². The van der Waals surface area contributed by atoms with Gasteiger partial charge in [-0.2, -0.15) is 0 Å². The number of ether oxygens (including phenoxy) is 3. The molecule has 0 aliphatic heterocycles. The van der Waals surface area contributed by atoms with Gasteiger partial charge in [0.05, 0.1) is 0 Å². The molecule has 0 saturated carbocycles. The minimum Gasteiger partial charge on any atom is -0.462 e. The van der Waals surface area contributed by atoms with E-state index in [2.05, 4.69) is 69.4 Å². The van der Waals surface area contributed by atoms with E-state index in [1.165, 1.54) is 270 Å². The second kappa shape index (κ2) is 68.9. The summed E-state index contributed by atoms with van der Waals surface area (Å²) in [6.45, 7) is 6.68. The molecule has 0 N–H and O–H groups in total. The topological polar surface area (TPSA) is 78.9 Å². The van der Waals surface area contributed by atoms with Crippen molar-refractivity contribution in [1.29, 1.82) is 0 Å². The van der Waals surface area contributed by atoms with Crippen molar-refractivity contribution >= 4 is 17.9 Å². The maximum absolute atomic E-state index is 13.0. The summed E-state index contributed by atoms with van der Waals surface area (Å²) in [4.78, 5) is 38.4. The van der Waals surface area contributed by atoms with Crippen LogP contribution in [0.5, 0.6) is 0 Å². The van der Waals surface area contributed by atoms with Gasteiger partial charge in [0.25, 0.3) is 0 Å². The normalized spacial score (nSPS) is 12.3. The van der Waals surface area contributed by atoms with Crippen molar-refractivity contribution in [3.63, 3.8) is 0 Å². The van der Waals surface area contributed by atoms with Gasteiger partial charge in [-0.3, -0.25) is 14.4 Å². The van der Waals surface area contributed by atoms with Crippen LogP contribution in [0.4, 0.5) is 0 Å². The highest BCUT2D eigenvalue weighted by molar-refractivity contribution is 5.71. The van der Waals surface area contributed by atoms with Crippen molar-refractivity contribution in [1.82, 2.24) is 0 Å². The summed E-state index contributed by atoms with van der Waals surface area (Å²) in [5, 5.41) is 0. The van der Waals surface area contributed by atoms with Gasteiger partial charge in [0.2, 0.25) is 0 Å². The van der Waals surface area contributed by atoms with Gasteiger partial charge in [-0.1, -0.05) is 333 Å². The van der Waals surface area contributed by atoms with Gasteiger partial charge in [0.1, 0.15) is 13.2 Å². The molecular weight excluding hydrogens is 985 g/mol. The molecule has 0 aliphatic carbocycles. The predicted molar refractivity (Wildman–Crippen MR) is 349 cm³/mol. The van der Waals surface area contributed by atoms with E-state index in [9.17, 15) is 14.4 Å². The summed E-state index contributed by atoms with van der Waals surface area (Å²) in [6.07, 6.45) is 87.1. The zero-order valence-corrected chi connectivity index (χ0v) is 53.9. The molecule has 80 heavy (non-hydrogen) atoms. The van der Waals surface area contributed by atoms with Crippen molar-refractivity contribution in [2.24, 2.45) is 0 Å². The molecule has 0 heterocycles. The molecule has 0 aromatic heterocycles. The van der Waals surface area contributed by atoms with E-state index in [1.54, 1.807) is 0 Å². The Hall–Kier alpha value is -2.63. The number of hydrogen-bond acceptors (Lipinski definition) is 6. The largest absolute Gasteiger partial charge is 0.462 e. The smallest absolute Gasteiger partial charge is 0.306 e. The average molecular weight is 1120 g/mol. The second-order valence-corrected chi connectivity index (χ2v) is 24.1. The Morgan fingerprint density at radius 2 is 0.450 bits per heavy atom. The molecule has 0 bridgehead atoms. The third kappa shape index (κ3) is 66.2. The number of allylic oxidation sites excluding steroid dienone is 8. The van der Waals surface area contributed by atoms with Gasteiger partial charge in [-0.25, -0.2) is 0 Å². The molecule has 6 heteroatoms. The highest BCUT2D eigenvalue weighted by atomic mass is 16.6. The fourth-order valence-corrected chi connectivity index (χ4v) is 10.7. The SMILES string of the molecule is CCCCCCC/C=C\C/C=C\C/C=C\CCCCCCCCCCCCC(=O)OCC(COC(=O)CCCCCCC/C=C\CCCCCCC)OC(=O)CCCCCCCCCCCCCCCCCCCCCCCCC. The summed E-state index contributed by atoms with van der Waals surface area (Å²) in [5.41, 5.74) is 0. The lowest BCUT2D eigenvalue weighted by atomic mass is 10.0. The van der Waals surface area contributed by atoms with E-state index >= 15 is 0 Å². The van der Waals surface area contributed by atoms with Crippen molar-refractivity contribution < 1.29 is 28.6 Å². The van der Waals surface area contributed by atoms with Crippen molar-refractivity contribution in [2.75, 3.05) is 13.2 Å². The molecule has 0 spiro atoms. The van der Waals surface area contributed by atoms with E-state index < -0.39 is 6.10 Å². The summed E-state index contributed by atoms with van der Waals surface area (Å²) in [5.74, 6) is -0.859. The van der Waals surface area contributed by atoms with Gasteiger partial charge in [0, 0.05) is 19.3 Å².